The van der Waals surface area contributed by atoms with Gasteiger partial charge in [-0.05, 0) is 19.9 Å². The molecule has 1 heterocycles. The highest BCUT2D eigenvalue weighted by molar-refractivity contribution is 7.09. The van der Waals surface area contributed by atoms with Crippen molar-refractivity contribution in [3.05, 3.63) is 16.6 Å². The molecule has 96 valence electrons. The van der Waals surface area contributed by atoms with Crippen molar-refractivity contribution < 1.29 is 4.74 Å². The SMILES string of the molecule is CNC(Cc1nccs1)C1(OC)CCCCC1. The molecule has 0 spiro atoms. The fourth-order valence-corrected chi connectivity index (χ4v) is 3.59. The Balaban J connectivity index is 2.09. The third kappa shape index (κ3) is 2.87. The molecule has 0 amide bonds. The monoisotopic (exact) mass is 254 g/mol. The van der Waals surface area contributed by atoms with Crippen LogP contribution in [-0.4, -0.2) is 30.8 Å². The molecule has 0 aliphatic heterocycles. The fourth-order valence-electron chi connectivity index (χ4n) is 2.92. The number of hydrogen-bond donors (Lipinski definition) is 1. The molecule has 1 atom stereocenters. The van der Waals surface area contributed by atoms with Crippen LogP contribution in [0.4, 0.5) is 0 Å². The van der Waals surface area contributed by atoms with Gasteiger partial charge in [0.15, 0.2) is 0 Å². The third-order valence-electron chi connectivity index (χ3n) is 3.95. The van der Waals surface area contributed by atoms with Gasteiger partial charge < -0.3 is 10.1 Å². The van der Waals surface area contributed by atoms with Crippen LogP contribution in [0.1, 0.15) is 37.1 Å². The number of aromatic nitrogens is 1. The van der Waals surface area contributed by atoms with E-state index in [4.69, 9.17) is 4.74 Å². The van der Waals surface area contributed by atoms with E-state index in [1.165, 1.54) is 37.1 Å². The van der Waals surface area contributed by atoms with E-state index in [0.717, 1.165) is 6.42 Å². The van der Waals surface area contributed by atoms with Gasteiger partial charge in [-0.3, -0.25) is 0 Å². The standard InChI is InChI=1S/C13H22N2OS/c1-14-11(10-12-15-8-9-17-12)13(16-2)6-4-3-5-7-13/h8-9,11,14H,3-7,10H2,1-2H3. The average molecular weight is 254 g/mol. The maximum atomic E-state index is 5.89. The van der Waals surface area contributed by atoms with Crippen molar-refractivity contribution in [2.75, 3.05) is 14.2 Å². The van der Waals surface area contributed by atoms with Crippen LogP contribution >= 0.6 is 11.3 Å². The van der Waals surface area contributed by atoms with Crippen molar-refractivity contribution in [3.8, 4) is 0 Å². The number of hydrogen-bond acceptors (Lipinski definition) is 4. The maximum absolute atomic E-state index is 5.89. The van der Waals surface area contributed by atoms with Crippen LogP contribution in [0, 0.1) is 0 Å². The average Bonchev–Trinajstić information content (AvgIpc) is 2.89. The van der Waals surface area contributed by atoms with Gasteiger partial charge in [0, 0.05) is 31.1 Å². The molecule has 1 aliphatic carbocycles. The van der Waals surface area contributed by atoms with E-state index in [9.17, 15) is 0 Å². The van der Waals surface area contributed by atoms with Crippen molar-refractivity contribution in [2.45, 2.75) is 50.2 Å². The third-order valence-corrected chi connectivity index (χ3v) is 4.75. The Morgan fingerprint density at radius 2 is 2.24 bits per heavy atom. The summed E-state index contributed by atoms with van der Waals surface area (Å²) in [6.45, 7) is 0. The quantitative estimate of drug-likeness (QED) is 0.877. The molecular formula is C13H22N2OS. The van der Waals surface area contributed by atoms with E-state index in [2.05, 4.69) is 10.3 Å². The van der Waals surface area contributed by atoms with Crippen molar-refractivity contribution in [1.29, 1.82) is 0 Å². The van der Waals surface area contributed by atoms with Crippen LogP contribution in [0.5, 0.6) is 0 Å². The van der Waals surface area contributed by atoms with Gasteiger partial charge >= 0.3 is 0 Å². The Hall–Kier alpha value is -0.450. The summed E-state index contributed by atoms with van der Waals surface area (Å²) in [5, 5.41) is 6.69. The predicted molar refractivity (Wildman–Crippen MR) is 71.5 cm³/mol. The minimum atomic E-state index is 0.0126. The molecule has 17 heavy (non-hydrogen) atoms. The van der Waals surface area contributed by atoms with Crippen LogP contribution in [-0.2, 0) is 11.2 Å². The zero-order valence-corrected chi connectivity index (χ0v) is 11.6. The van der Waals surface area contributed by atoms with Crippen molar-refractivity contribution >= 4 is 11.3 Å². The summed E-state index contributed by atoms with van der Waals surface area (Å²) in [5.41, 5.74) is 0.0126. The molecular weight excluding hydrogens is 232 g/mol. The second-order valence-corrected chi connectivity index (χ2v) is 5.78. The molecule has 4 heteroatoms. The molecule has 1 fully saturated rings. The number of nitrogens with one attached hydrogen (secondary N) is 1. The molecule has 2 rings (SSSR count). The van der Waals surface area contributed by atoms with Crippen LogP contribution < -0.4 is 5.32 Å². The van der Waals surface area contributed by atoms with E-state index < -0.39 is 0 Å². The van der Waals surface area contributed by atoms with Crippen LogP contribution in [0.3, 0.4) is 0 Å². The smallest absolute Gasteiger partial charge is 0.0941 e. The number of likely N-dealkylation sites (N-methyl/N-ethyl adjacent to an activating group) is 1. The number of methoxy groups -OCH3 is 1. The molecule has 0 bridgehead atoms. The minimum Gasteiger partial charge on any atom is -0.377 e. The molecule has 0 radical (unpaired) electrons. The zero-order chi connectivity index (χ0) is 12.1. The molecule has 1 aromatic rings. The van der Waals surface area contributed by atoms with Crippen molar-refractivity contribution in [2.24, 2.45) is 0 Å². The lowest BCUT2D eigenvalue weighted by Gasteiger charge is -2.42. The lowest BCUT2D eigenvalue weighted by molar-refractivity contribution is -0.0657. The van der Waals surface area contributed by atoms with Gasteiger partial charge in [0.2, 0.25) is 0 Å². The van der Waals surface area contributed by atoms with E-state index in [-0.39, 0.29) is 5.60 Å². The second-order valence-electron chi connectivity index (χ2n) is 4.80. The van der Waals surface area contributed by atoms with Gasteiger partial charge in [-0.2, -0.15) is 0 Å². The lowest BCUT2D eigenvalue weighted by atomic mass is 9.78. The summed E-state index contributed by atoms with van der Waals surface area (Å²) in [6, 6.07) is 0.374. The van der Waals surface area contributed by atoms with Gasteiger partial charge in [-0.25, -0.2) is 4.98 Å². The fraction of sp³-hybridized carbons (Fsp3) is 0.769. The molecule has 1 saturated carbocycles. The van der Waals surface area contributed by atoms with Crippen molar-refractivity contribution in [3.63, 3.8) is 0 Å². The Kier molecular flexibility index (Phi) is 4.54. The Morgan fingerprint density at radius 3 is 2.76 bits per heavy atom. The Labute approximate surface area is 108 Å². The number of rotatable bonds is 5. The summed E-state index contributed by atoms with van der Waals surface area (Å²) in [7, 11) is 3.89. The molecule has 1 aliphatic rings. The van der Waals surface area contributed by atoms with Gasteiger partial charge in [0.1, 0.15) is 0 Å². The molecule has 0 aromatic carbocycles. The highest BCUT2D eigenvalue weighted by Gasteiger charge is 2.39. The Bertz CT molecular complexity index is 320. The highest BCUT2D eigenvalue weighted by atomic mass is 32.1. The zero-order valence-electron chi connectivity index (χ0n) is 10.7. The number of ether oxygens (including phenoxy) is 1. The first-order valence-corrected chi connectivity index (χ1v) is 7.29. The van der Waals surface area contributed by atoms with Crippen LogP contribution in [0.25, 0.3) is 0 Å². The topological polar surface area (TPSA) is 34.2 Å². The first-order valence-electron chi connectivity index (χ1n) is 6.41. The lowest BCUT2D eigenvalue weighted by Crippen LogP contribution is -2.53. The first-order chi connectivity index (χ1) is 8.30. The largest absolute Gasteiger partial charge is 0.377 e. The van der Waals surface area contributed by atoms with Gasteiger partial charge in [-0.15, -0.1) is 11.3 Å². The van der Waals surface area contributed by atoms with Gasteiger partial charge in [0.05, 0.1) is 10.6 Å². The molecule has 0 saturated heterocycles. The van der Waals surface area contributed by atoms with E-state index in [1.807, 2.05) is 25.7 Å². The molecule has 1 N–H and O–H groups in total. The number of nitrogens with zero attached hydrogens (tertiary/aromatic N) is 1. The Morgan fingerprint density at radius 1 is 1.47 bits per heavy atom. The summed E-state index contributed by atoms with van der Waals surface area (Å²) >= 11 is 1.73. The summed E-state index contributed by atoms with van der Waals surface area (Å²) in [5.74, 6) is 0. The first kappa shape index (κ1) is 13.0. The minimum absolute atomic E-state index is 0.0126. The van der Waals surface area contributed by atoms with Gasteiger partial charge in [0.25, 0.3) is 0 Å². The van der Waals surface area contributed by atoms with Crippen LogP contribution in [0.2, 0.25) is 0 Å². The normalized spacial score (nSPS) is 21.3. The molecule has 1 unspecified atom stereocenters. The summed E-state index contributed by atoms with van der Waals surface area (Å²) in [4.78, 5) is 4.39. The highest BCUT2D eigenvalue weighted by Crippen LogP contribution is 2.35. The van der Waals surface area contributed by atoms with E-state index >= 15 is 0 Å². The summed E-state index contributed by atoms with van der Waals surface area (Å²) < 4.78 is 5.89. The molecule has 1 aromatic heterocycles. The molecule has 3 nitrogen and oxygen atoms in total. The van der Waals surface area contributed by atoms with E-state index in [1.54, 1.807) is 11.3 Å². The van der Waals surface area contributed by atoms with Crippen molar-refractivity contribution in [1.82, 2.24) is 10.3 Å². The van der Waals surface area contributed by atoms with Crippen LogP contribution in [0.15, 0.2) is 11.6 Å². The maximum Gasteiger partial charge on any atom is 0.0941 e. The number of thiazole rings is 1. The van der Waals surface area contributed by atoms with E-state index in [0.29, 0.717) is 6.04 Å². The summed E-state index contributed by atoms with van der Waals surface area (Å²) in [6.07, 6.45) is 9.10. The second kappa shape index (κ2) is 5.94. The van der Waals surface area contributed by atoms with Gasteiger partial charge in [-0.1, -0.05) is 19.3 Å². The predicted octanol–water partition coefficient (Wildman–Crippen LogP) is 2.62.